The maximum atomic E-state index is 8.81. The number of amides is 1. The van der Waals surface area contributed by atoms with Gasteiger partial charge in [0, 0.05) is 110 Å². The van der Waals surface area contributed by atoms with Crippen LogP contribution in [-0.2, 0) is 103 Å². The predicted octanol–water partition coefficient (Wildman–Crippen LogP) is -1.08. The summed E-state index contributed by atoms with van der Waals surface area (Å²) in [6.45, 7) is 2.07. The molecule has 115 valence electrons. The van der Waals surface area contributed by atoms with E-state index in [1.54, 1.807) is 12.3 Å². The first kappa shape index (κ1) is 68.8. The van der Waals surface area contributed by atoms with Gasteiger partial charge in [0.1, 0.15) is 0 Å². The summed E-state index contributed by atoms with van der Waals surface area (Å²) in [6.07, 6.45) is 1.21. The van der Waals surface area contributed by atoms with Crippen molar-refractivity contribution in [3.8, 4) is 0 Å². The maximum Gasteiger partial charge on any atom is 0.0304 e. The molecule has 0 unspecified atom stereocenters. The summed E-state index contributed by atoms with van der Waals surface area (Å²) in [5.74, 6) is 7.85. The zero-order valence-corrected chi connectivity index (χ0v) is 20.8. The Morgan fingerprint density at radius 1 is 1.21 bits per heavy atom. The largest absolute Gasteiger partial charge is 0.519 e. The van der Waals surface area contributed by atoms with Gasteiger partial charge in [0.25, 0.3) is 0 Å². The SMILES string of the molecule is CC(=N)CN.NN[C-]=O.NO.[CH2-]N.[CH3-].[CH3-].[CH3-].[Y].[Y].[Y]. The van der Waals surface area contributed by atoms with Crippen LogP contribution in [0.2, 0.25) is 0 Å². The molecular formula is C8H27N6O2Y3-5. The summed E-state index contributed by atoms with van der Waals surface area (Å²) in [5, 5.41) is 13.1. The standard InChI is InChI=1S/C3H8N2.CH3N2O.CH4N.3CH3.H3NO.3Y/c1-3(5)2-4;2-3-1-4;1-2;;;;1-2;;;/h5H,2,4H2,1H3;2H2,(H,3,4);1-2H2;3*1H3;2H,1H2;;;/q;5*-1;;;;. The Balaban J connectivity index is -0.00000000679. The molecule has 0 fully saturated rings. The molecule has 0 bridgehead atoms. The Labute approximate surface area is 194 Å². The number of rotatable bonds is 2. The van der Waals surface area contributed by atoms with E-state index in [1.807, 2.05) is 0 Å². The Kier molecular flexibility index (Phi) is 399. The van der Waals surface area contributed by atoms with Gasteiger partial charge in [-0.3, -0.25) is 12.9 Å². The number of hydrazine groups is 1. The molecule has 0 atom stereocenters. The molecule has 0 aliphatic heterocycles. The summed E-state index contributed by atoms with van der Waals surface area (Å²) >= 11 is 0. The third-order valence-electron chi connectivity index (χ3n) is 0.365. The quantitative estimate of drug-likeness (QED) is 0.0626. The van der Waals surface area contributed by atoms with Crippen LogP contribution in [0.5, 0.6) is 0 Å². The molecule has 11 N–H and O–H groups in total. The second-order valence-corrected chi connectivity index (χ2v) is 1.23. The van der Waals surface area contributed by atoms with Crippen LogP contribution < -0.4 is 28.6 Å². The van der Waals surface area contributed by atoms with Crippen molar-refractivity contribution in [2.45, 2.75) is 6.92 Å². The fourth-order valence-electron chi connectivity index (χ4n) is 0. The molecule has 0 aromatic carbocycles. The van der Waals surface area contributed by atoms with Gasteiger partial charge in [-0.2, -0.15) is 6.41 Å². The van der Waals surface area contributed by atoms with Crippen molar-refractivity contribution in [1.82, 2.24) is 5.43 Å². The Morgan fingerprint density at radius 2 is 1.32 bits per heavy atom. The summed E-state index contributed by atoms with van der Waals surface area (Å²) in [7, 11) is 2.75. The smallest absolute Gasteiger partial charge is 0.0304 e. The van der Waals surface area contributed by atoms with Crippen LogP contribution in [0.25, 0.3) is 0 Å². The first-order valence-electron chi connectivity index (χ1n) is 2.92. The van der Waals surface area contributed by atoms with Crippen LogP contribution in [0.15, 0.2) is 0 Å². The van der Waals surface area contributed by atoms with Crippen molar-refractivity contribution >= 4 is 12.1 Å². The molecule has 0 aliphatic rings. The Bertz CT molecular complexity index is 105. The molecule has 3 radical (unpaired) electrons. The van der Waals surface area contributed by atoms with Gasteiger partial charge in [-0.05, 0) is 6.92 Å². The van der Waals surface area contributed by atoms with Crippen LogP contribution in [-0.4, -0.2) is 23.9 Å². The minimum atomic E-state index is 0. The zero-order valence-electron chi connectivity index (χ0n) is 12.3. The van der Waals surface area contributed by atoms with E-state index >= 15 is 0 Å². The molecular weight excluding hydrogens is 479 g/mol. The van der Waals surface area contributed by atoms with Gasteiger partial charge in [-0.1, -0.05) is 0 Å². The van der Waals surface area contributed by atoms with E-state index in [0.29, 0.717) is 12.3 Å². The van der Waals surface area contributed by atoms with E-state index in [2.05, 4.69) is 24.5 Å². The molecule has 0 saturated heterocycles. The van der Waals surface area contributed by atoms with Gasteiger partial charge < -0.3 is 54.6 Å². The van der Waals surface area contributed by atoms with Crippen molar-refractivity contribution < 1.29 is 108 Å². The van der Waals surface area contributed by atoms with Crippen molar-refractivity contribution in [1.29, 1.82) is 5.41 Å². The fourth-order valence-corrected chi connectivity index (χ4v) is 0. The third kappa shape index (κ3) is 245. The van der Waals surface area contributed by atoms with Gasteiger partial charge in [0.2, 0.25) is 0 Å². The number of carbonyl (C=O) groups excluding carboxylic acids is 1. The van der Waals surface area contributed by atoms with Crippen LogP contribution in [0.1, 0.15) is 6.92 Å². The molecule has 19 heavy (non-hydrogen) atoms. The van der Waals surface area contributed by atoms with Crippen LogP contribution in [0.4, 0.5) is 0 Å². The number of nitrogens with two attached hydrogens (primary N) is 4. The van der Waals surface area contributed by atoms with Gasteiger partial charge >= 0.3 is 0 Å². The first-order valence-corrected chi connectivity index (χ1v) is 2.92. The van der Waals surface area contributed by atoms with Crippen LogP contribution >= 0.6 is 0 Å². The van der Waals surface area contributed by atoms with Gasteiger partial charge in [-0.15, -0.1) is 0 Å². The van der Waals surface area contributed by atoms with Crippen molar-refractivity contribution in [2.75, 3.05) is 6.54 Å². The van der Waals surface area contributed by atoms with Crippen molar-refractivity contribution in [3.05, 3.63) is 29.3 Å². The van der Waals surface area contributed by atoms with Gasteiger partial charge in [0.15, 0.2) is 0 Å². The molecule has 0 heterocycles. The van der Waals surface area contributed by atoms with Crippen molar-refractivity contribution in [3.63, 3.8) is 0 Å². The fraction of sp³-hybridized carbons (Fsp3) is 0.250. The number of hydrogen-bond donors (Lipinski definition) is 7. The molecule has 0 saturated carbocycles. The van der Waals surface area contributed by atoms with Crippen LogP contribution in [0, 0.1) is 34.7 Å². The predicted molar refractivity (Wildman–Crippen MR) is 70.2 cm³/mol. The summed E-state index contributed by atoms with van der Waals surface area (Å²) in [5.41, 5.74) is 11.4. The maximum absolute atomic E-state index is 8.81. The minimum Gasteiger partial charge on any atom is -0.519 e. The third-order valence-corrected chi connectivity index (χ3v) is 0.365. The molecule has 11 heteroatoms. The summed E-state index contributed by atoms with van der Waals surface area (Å²) in [6, 6.07) is 0. The second-order valence-electron chi connectivity index (χ2n) is 1.23. The Hall–Kier alpha value is 2.25. The number of hydrogen-bond acceptors (Lipinski definition) is 7. The van der Waals surface area contributed by atoms with E-state index < -0.39 is 0 Å². The molecule has 8 nitrogen and oxygen atoms in total. The second kappa shape index (κ2) is 110. The van der Waals surface area contributed by atoms with Crippen molar-refractivity contribution in [2.24, 2.45) is 23.2 Å². The van der Waals surface area contributed by atoms with E-state index in [-0.39, 0.29) is 120 Å². The average molecular weight is 506 g/mol. The first-order chi connectivity index (χ1) is 6.18. The van der Waals surface area contributed by atoms with E-state index in [0.717, 1.165) is 0 Å². The summed E-state index contributed by atoms with van der Waals surface area (Å²) < 4.78 is 0. The van der Waals surface area contributed by atoms with E-state index in [9.17, 15) is 0 Å². The molecule has 0 aromatic rings. The van der Waals surface area contributed by atoms with Crippen LogP contribution in [0.3, 0.4) is 0 Å². The Morgan fingerprint density at radius 3 is 1.32 bits per heavy atom. The van der Waals surface area contributed by atoms with Gasteiger partial charge in [-0.25, -0.2) is 5.90 Å². The number of nitrogens with one attached hydrogen (secondary N) is 2. The molecule has 0 aliphatic carbocycles. The zero-order chi connectivity index (χ0) is 11.7. The normalized spacial score (nSPS) is 3.74. The molecule has 0 rings (SSSR count). The molecule has 1 amide bonds. The van der Waals surface area contributed by atoms with E-state index in [1.165, 1.54) is 6.41 Å². The van der Waals surface area contributed by atoms with E-state index in [4.69, 9.17) is 21.1 Å². The minimum absolute atomic E-state index is 0. The topological polar surface area (TPSA) is 177 Å². The van der Waals surface area contributed by atoms with Gasteiger partial charge in [0.05, 0.1) is 0 Å². The molecule has 0 aromatic heterocycles. The molecule has 0 spiro atoms. The summed E-state index contributed by atoms with van der Waals surface area (Å²) in [4.78, 5) is 8.81. The monoisotopic (exact) mass is 506 g/mol. The average Bonchev–Trinajstić information content (AvgIpc) is 2.24.